The summed E-state index contributed by atoms with van der Waals surface area (Å²) in [5, 5.41) is 10.2. The first-order valence-corrected chi connectivity index (χ1v) is 13.8. The Bertz CT molecular complexity index is 1500. The van der Waals surface area contributed by atoms with Gasteiger partial charge in [0.2, 0.25) is 0 Å². The van der Waals surface area contributed by atoms with E-state index in [1.54, 1.807) is 36.1 Å². The number of halogens is 1. The SMILES string of the molecule is COc1cc2c(cc1C(=O)N1C[C@H](C)N(Cc3ccc(F)cc3)C[C@H]1C)c(C(=O)C(=O)N1CC[C@@H](O)C1)c(C)n2N. The number of Topliss-reactive ketones (excluding diaryl/α,β-unsaturated/α-hetero) is 1. The number of likely N-dealkylation sites (tertiary alicyclic amines) is 1. The normalized spacial score (nSPS) is 21.5. The van der Waals surface area contributed by atoms with Crippen LogP contribution in [0.3, 0.4) is 0 Å². The van der Waals surface area contributed by atoms with Crippen molar-refractivity contribution in [2.45, 2.75) is 51.9 Å². The summed E-state index contributed by atoms with van der Waals surface area (Å²) in [6, 6.07) is 9.55. The van der Waals surface area contributed by atoms with E-state index in [4.69, 9.17) is 10.6 Å². The summed E-state index contributed by atoms with van der Waals surface area (Å²) in [7, 11) is 1.47. The number of aliphatic hydroxyl groups is 1. The number of nitrogens with two attached hydrogens (primary N) is 1. The molecule has 2 aromatic carbocycles. The topological polar surface area (TPSA) is 121 Å². The lowest BCUT2D eigenvalue weighted by Gasteiger charge is -2.44. The Morgan fingerprint density at radius 1 is 1.07 bits per heavy atom. The van der Waals surface area contributed by atoms with Gasteiger partial charge < -0.3 is 25.5 Å². The molecule has 0 spiro atoms. The monoisotopic (exact) mass is 565 g/mol. The molecule has 11 heteroatoms. The molecule has 5 rings (SSSR count). The molecule has 3 atom stereocenters. The first-order valence-electron chi connectivity index (χ1n) is 13.8. The Kier molecular flexibility index (Phi) is 7.76. The molecule has 1 aromatic heterocycles. The van der Waals surface area contributed by atoms with Crippen LogP contribution < -0.4 is 10.6 Å². The maximum absolute atomic E-state index is 14.0. The van der Waals surface area contributed by atoms with Gasteiger partial charge in [-0.2, -0.15) is 0 Å². The number of fused-ring (bicyclic) bond motifs is 1. The van der Waals surface area contributed by atoms with Crippen LogP contribution in [0, 0.1) is 12.7 Å². The third kappa shape index (κ3) is 5.27. The Hall–Kier alpha value is -3.96. The highest BCUT2D eigenvalue weighted by molar-refractivity contribution is 6.45. The lowest BCUT2D eigenvalue weighted by Crippen LogP contribution is -2.57. The van der Waals surface area contributed by atoms with Crippen LogP contribution in [0.4, 0.5) is 4.39 Å². The molecule has 3 N–H and O–H groups in total. The number of aromatic nitrogens is 1. The number of aliphatic hydroxyl groups excluding tert-OH is 1. The Labute approximate surface area is 238 Å². The van der Waals surface area contributed by atoms with E-state index in [-0.39, 0.29) is 41.5 Å². The second-order valence-electron chi connectivity index (χ2n) is 11.1. The number of amides is 2. The fourth-order valence-corrected chi connectivity index (χ4v) is 5.94. The minimum Gasteiger partial charge on any atom is -0.496 e. The van der Waals surface area contributed by atoms with Crippen LogP contribution in [-0.2, 0) is 11.3 Å². The van der Waals surface area contributed by atoms with Gasteiger partial charge in [-0.25, -0.2) is 4.39 Å². The molecule has 0 radical (unpaired) electrons. The van der Waals surface area contributed by atoms with Crippen LogP contribution >= 0.6 is 0 Å². The van der Waals surface area contributed by atoms with E-state index in [9.17, 15) is 23.9 Å². The quantitative estimate of drug-likeness (QED) is 0.267. The highest BCUT2D eigenvalue weighted by Gasteiger charge is 2.36. The Morgan fingerprint density at radius 2 is 1.78 bits per heavy atom. The molecule has 2 fully saturated rings. The molecule has 2 amide bonds. The molecular formula is C30H36FN5O5. The molecule has 3 heterocycles. The van der Waals surface area contributed by atoms with Crippen LogP contribution in [0.25, 0.3) is 10.9 Å². The standard InChI is InChI=1S/C30H36FN5O5/c1-17-14-35(18(2)13-34(17)15-20-5-7-21(31)8-6-20)29(39)24-11-23-25(12-26(24)41-4)36(32)19(3)27(23)28(38)30(40)33-10-9-22(37)16-33/h5-8,11-12,17-18,22,37H,9-10,13-16,32H2,1-4H3/t17-,18+,22+/m0/s1. The maximum Gasteiger partial charge on any atom is 0.295 e. The molecule has 218 valence electrons. The number of hydrogen-bond donors (Lipinski definition) is 2. The molecular weight excluding hydrogens is 529 g/mol. The summed E-state index contributed by atoms with van der Waals surface area (Å²) in [5.74, 6) is 4.64. The fraction of sp³-hybridized carbons (Fsp3) is 0.433. The van der Waals surface area contributed by atoms with Gasteiger partial charge in [0.05, 0.1) is 29.9 Å². The predicted molar refractivity (Wildman–Crippen MR) is 152 cm³/mol. The van der Waals surface area contributed by atoms with E-state index in [1.165, 1.54) is 28.8 Å². The van der Waals surface area contributed by atoms with Gasteiger partial charge in [0.1, 0.15) is 11.6 Å². The number of hydrogen-bond acceptors (Lipinski definition) is 7. The zero-order valence-electron chi connectivity index (χ0n) is 23.8. The van der Waals surface area contributed by atoms with Crippen LogP contribution in [0.1, 0.15) is 52.2 Å². The summed E-state index contributed by atoms with van der Waals surface area (Å²) in [6.45, 7) is 7.79. The number of carbonyl (C=O) groups excluding carboxylic acids is 3. The highest BCUT2D eigenvalue weighted by atomic mass is 19.1. The fourth-order valence-electron chi connectivity index (χ4n) is 5.94. The average molecular weight is 566 g/mol. The first-order chi connectivity index (χ1) is 19.5. The minimum absolute atomic E-state index is 0.0351. The largest absolute Gasteiger partial charge is 0.496 e. The van der Waals surface area contributed by atoms with Gasteiger partial charge in [-0.15, -0.1) is 0 Å². The zero-order chi connectivity index (χ0) is 29.6. The summed E-state index contributed by atoms with van der Waals surface area (Å²) in [5.41, 5.74) is 2.25. The molecule has 2 aliphatic heterocycles. The second-order valence-corrected chi connectivity index (χ2v) is 11.1. The number of nitrogen functional groups attached to an aromatic ring is 1. The summed E-state index contributed by atoms with van der Waals surface area (Å²) in [4.78, 5) is 45.9. The molecule has 41 heavy (non-hydrogen) atoms. The lowest BCUT2D eigenvalue weighted by molar-refractivity contribution is -0.125. The average Bonchev–Trinajstić information content (AvgIpc) is 3.50. The smallest absolute Gasteiger partial charge is 0.295 e. The number of nitrogens with zero attached hydrogens (tertiary/aromatic N) is 4. The molecule has 10 nitrogen and oxygen atoms in total. The first kappa shape index (κ1) is 28.6. The minimum atomic E-state index is -0.731. The van der Waals surface area contributed by atoms with Crippen molar-refractivity contribution in [1.29, 1.82) is 0 Å². The van der Waals surface area contributed by atoms with Crippen molar-refractivity contribution < 1.29 is 28.6 Å². The number of methoxy groups -OCH3 is 1. The molecule has 2 saturated heterocycles. The summed E-state index contributed by atoms with van der Waals surface area (Å²) in [6.07, 6.45) is -0.238. The van der Waals surface area contributed by atoms with Gasteiger partial charge in [0.25, 0.3) is 17.6 Å². The van der Waals surface area contributed by atoms with Crippen molar-refractivity contribution in [3.63, 3.8) is 0 Å². The van der Waals surface area contributed by atoms with Crippen molar-refractivity contribution in [3.05, 3.63) is 64.6 Å². The number of rotatable bonds is 6. The van der Waals surface area contributed by atoms with Crippen LogP contribution in [0.15, 0.2) is 36.4 Å². The summed E-state index contributed by atoms with van der Waals surface area (Å²) >= 11 is 0. The van der Waals surface area contributed by atoms with E-state index in [0.29, 0.717) is 54.9 Å². The van der Waals surface area contributed by atoms with E-state index in [1.807, 2.05) is 13.8 Å². The summed E-state index contributed by atoms with van der Waals surface area (Å²) < 4.78 is 20.3. The van der Waals surface area contributed by atoms with Gasteiger partial charge in [-0.3, -0.25) is 24.0 Å². The van der Waals surface area contributed by atoms with Crippen molar-refractivity contribution >= 4 is 28.5 Å². The second kappa shape index (κ2) is 11.1. The van der Waals surface area contributed by atoms with Crippen LogP contribution in [0.5, 0.6) is 5.75 Å². The molecule has 0 aliphatic carbocycles. The van der Waals surface area contributed by atoms with Crippen LogP contribution in [-0.4, -0.2) is 93.6 Å². The number of β-amino-alcohol motifs (C(OH)–C–C–N with tert-alkyl or cyclic N) is 1. The number of benzene rings is 2. The number of ketones is 1. The van der Waals surface area contributed by atoms with Crippen molar-refractivity contribution in [1.82, 2.24) is 19.4 Å². The lowest BCUT2D eigenvalue weighted by atomic mass is 10.0. The molecule has 0 unspecified atom stereocenters. The molecule has 0 saturated carbocycles. The van der Waals surface area contributed by atoms with Gasteiger partial charge in [0.15, 0.2) is 0 Å². The zero-order valence-corrected chi connectivity index (χ0v) is 23.8. The van der Waals surface area contributed by atoms with Crippen LogP contribution in [0.2, 0.25) is 0 Å². The van der Waals surface area contributed by atoms with Crippen molar-refractivity contribution in [3.8, 4) is 5.75 Å². The molecule has 3 aromatic rings. The van der Waals surface area contributed by atoms with Crippen molar-refractivity contribution in [2.75, 3.05) is 39.1 Å². The Balaban J connectivity index is 1.44. The molecule has 2 aliphatic rings. The van der Waals surface area contributed by atoms with E-state index < -0.39 is 17.8 Å². The highest BCUT2D eigenvalue weighted by Crippen LogP contribution is 2.33. The van der Waals surface area contributed by atoms with E-state index in [2.05, 4.69) is 4.90 Å². The van der Waals surface area contributed by atoms with Crippen molar-refractivity contribution in [2.24, 2.45) is 0 Å². The number of carbonyl (C=O) groups is 3. The predicted octanol–water partition coefficient (Wildman–Crippen LogP) is 2.32. The number of ether oxygens (including phenoxy) is 1. The third-order valence-corrected chi connectivity index (χ3v) is 8.35. The maximum atomic E-state index is 14.0. The van der Waals surface area contributed by atoms with Gasteiger partial charge in [-0.05, 0) is 51.0 Å². The van der Waals surface area contributed by atoms with E-state index in [0.717, 1.165) is 5.56 Å². The van der Waals surface area contributed by atoms with Gasteiger partial charge in [-0.1, -0.05) is 12.1 Å². The Morgan fingerprint density at radius 3 is 2.41 bits per heavy atom. The van der Waals surface area contributed by atoms with E-state index >= 15 is 0 Å². The number of piperazine rings is 1. The van der Waals surface area contributed by atoms with Gasteiger partial charge in [0, 0.05) is 62.0 Å². The van der Waals surface area contributed by atoms with Gasteiger partial charge >= 0.3 is 0 Å². The third-order valence-electron chi connectivity index (χ3n) is 8.35. The molecule has 0 bridgehead atoms.